The van der Waals surface area contributed by atoms with Crippen molar-refractivity contribution in [1.82, 2.24) is 19.9 Å². The molecule has 3 aliphatic carbocycles. The van der Waals surface area contributed by atoms with Gasteiger partial charge >= 0.3 is 0 Å². The third-order valence-electron chi connectivity index (χ3n) is 9.47. The first kappa shape index (κ1) is 27.6. The maximum Gasteiger partial charge on any atom is 0.225 e. The lowest BCUT2D eigenvalue weighted by Gasteiger charge is -2.39. The number of hydrogen-bond acceptors (Lipinski definition) is 10. The molecule has 0 bridgehead atoms. The monoisotopic (exact) mass is 586 g/mol. The predicted octanol–water partition coefficient (Wildman–Crippen LogP) is 4.84. The number of nitrogens with one attached hydrogen (secondary N) is 2. The second-order valence-electron chi connectivity index (χ2n) is 12.4. The summed E-state index contributed by atoms with van der Waals surface area (Å²) >= 11 is 1.59. The van der Waals surface area contributed by atoms with Gasteiger partial charge in [-0.15, -0.1) is 11.3 Å². The Bertz CT molecular complexity index is 1570. The van der Waals surface area contributed by atoms with Crippen LogP contribution in [0.2, 0.25) is 0 Å². The van der Waals surface area contributed by atoms with Crippen LogP contribution < -0.4 is 10.6 Å². The molecular formula is C32H38N6O3S. The second kappa shape index (κ2) is 11.1. The molecular weight excluding hydrogens is 548 g/mol. The molecule has 3 fully saturated rings. The van der Waals surface area contributed by atoms with Crippen molar-refractivity contribution in [2.75, 3.05) is 17.2 Å². The number of fused-ring (bicyclic) bond motifs is 1. The van der Waals surface area contributed by atoms with E-state index >= 15 is 0 Å². The van der Waals surface area contributed by atoms with Gasteiger partial charge in [0.15, 0.2) is 0 Å². The van der Waals surface area contributed by atoms with Crippen molar-refractivity contribution in [3.8, 4) is 10.6 Å². The normalized spacial score (nSPS) is 28.0. The first-order chi connectivity index (χ1) is 20.4. The first-order valence-corrected chi connectivity index (χ1v) is 15.9. The summed E-state index contributed by atoms with van der Waals surface area (Å²) < 4.78 is 1.08. The first-order valence-electron chi connectivity index (χ1n) is 15.1. The smallest absolute Gasteiger partial charge is 0.225 e. The van der Waals surface area contributed by atoms with Crippen LogP contribution in [0.3, 0.4) is 0 Å². The van der Waals surface area contributed by atoms with Crippen LogP contribution in [0, 0.1) is 18.8 Å². The van der Waals surface area contributed by atoms with Gasteiger partial charge in [0.25, 0.3) is 0 Å². The van der Waals surface area contributed by atoms with E-state index in [1.807, 2.05) is 19.2 Å². The second-order valence-corrected chi connectivity index (χ2v) is 13.4. The topological polar surface area (TPSA) is 136 Å². The summed E-state index contributed by atoms with van der Waals surface area (Å²) in [7, 11) is 0. The van der Waals surface area contributed by atoms with Crippen molar-refractivity contribution < 1.29 is 15.3 Å². The van der Waals surface area contributed by atoms with Crippen LogP contribution in [-0.2, 0) is 0 Å². The van der Waals surface area contributed by atoms with E-state index in [0.717, 1.165) is 57.9 Å². The lowest BCUT2D eigenvalue weighted by Crippen LogP contribution is -2.37. The van der Waals surface area contributed by atoms with Crippen molar-refractivity contribution in [1.29, 1.82) is 0 Å². The van der Waals surface area contributed by atoms with Gasteiger partial charge in [0.2, 0.25) is 5.95 Å². The quantitative estimate of drug-likeness (QED) is 0.187. The van der Waals surface area contributed by atoms with E-state index in [0.29, 0.717) is 35.9 Å². The van der Waals surface area contributed by atoms with E-state index < -0.39 is 24.2 Å². The highest BCUT2D eigenvalue weighted by molar-refractivity contribution is 7.21. The average molecular weight is 587 g/mol. The molecule has 1 aromatic carbocycles. The number of nitrogens with zero attached hydrogens (tertiary/aromatic N) is 4. The molecule has 0 spiro atoms. The van der Waals surface area contributed by atoms with E-state index in [1.165, 1.54) is 5.56 Å². The van der Waals surface area contributed by atoms with E-state index in [-0.39, 0.29) is 12.6 Å². The van der Waals surface area contributed by atoms with E-state index in [9.17, 15) is 15.3 Å². The van der Waals surface area contributed by atoms with Crippen molar-refractivity contribution in [3.63, 3.8) is 0 Å². The van der Waals surface area contributed by atoms with Gasteiger partial charge in [0, 0.05) is 30.7 Å². The van der Waals surface area contributed by atoms with E-state index in [4.69, 9.17) is 15.0 Å². The van der Waals surface area contributed by atoms with Crippen LogP contribution in [-0.4, -0.2) is 66.2 Å². The minimum atomic E-state index is -1.02. The standard InChI is InChI=1S/C32H38N6O3S/c1-16(20-12-21(13-20)18-6-4-3-5-7-18)34-32-35-17(2)25(30(38-32)36-23-14-22(15-39)28(40)29(23)41)31-37-27-24(42-31)10-11-33-26(27)19-8-9-19/h3-7,10-11,16,19-23,28-29,39-41H,8-9,12-15H2,1-2H3,(H2,34,35,36,38)/t16-,20-,21-,22-,23-,28-,29+/m1/s1. The fourth-order valence-electron chi connectivity index (χ4n) is 6.65. The van der Waals surface area contributed by atoms with Gasteiger partial charge in [-0.05, 0) is 69.4 Å². The van der Waals surface area contributed by atoms with Crippen molar-refractivity contribution in [2.24, 2.45) is 11.8 Å². The molecule has 220 valence electrons. The summed E-state index contributed by atoms with van der Waals surface area (Å²) in [6.45, 7) is 3.97. The summed E-state index contributed by atoms with van der Waals surface area (Å²) in [6.07, 6.45) is 4.81. The molecule has 5 N–H and O–H groups in total. The molecule has 3 aromatic heterocycles. The Balaban J connectivity index is 1.19. The van der Waals surface area contributed by atoms with Gasteiger partial charge in [-0.2, -0.15) is 4.98 Å². The number of rotatable bonds is 9. The minimum absolute atomic E-state index is 0.184. The molecule has 0 amide bonds. The molecule has 0 unspecified atom stereocenters. The number of aliphatic hydroxyl groups is 3. The number of hydrogen-bond donors (Lipinski definition) is 5. The molecule has 9 nitrogen and oxygen atoms in total. The Morgan fingerprint density at radius 2 is 1.76 bits per heavy atom. The molecule has 5 atom stereocenters. The lowest BCUT2D eigenvalue weighted by molar-refractivity contribution is 0.00446. The molecule has 3 aliphatic rings. The average Bonchev–Trinajstić information content (AvgIpc) is 3.65. The number of anilines is 2. The number of aryl methyl sites for hydroxylation is 1. The Morgan fingerprint density at radius 3 is 2.48 bits per heavy atom. The molecule has 4 aromatic rings. The van der Waals surface area contributed by atoms with Gasteiger partial charge in [-0.1, -0.05) is 30.3 Å². The number of benzene rings is 1. The highest BCUT2D eigenvalue weighted by Crippen LogP contribution is 2.46. The van der Waals surface area contributed by atoms with E-state index in [1.54, 1.807) is 11.3 Å². The van der Waals surface area contributed by atoms with Gasteiger partial charge in [0.1, 0.15) is 22.4 Å². The fourth-order valence-corrected chi connectivity index (χ4v) is 7.72. The van der Waals surface area contributed by atoms with E-state index in [2.05, 4.69) is 52.9 Å². The molecule has 10 heteroatoms. The molecule has 3 saturated carbocycles. The Kier molecular flexibility index (Phi) is 7.34. The fraction of sp³-hybridized carbons (Fsp3) is 0.500. The van der Waals surface area contributed by atoms with Crippen LogP contribution >= 0.6 is 11.3 Å². The third-order valence-corrected chi connectivity index (χ3v) is 10.5. The number of pyridine rings is 1. The lowest BCUT2D eigenvalue weighted by atomic mass is 9.68. The predicted molar refractivity (Wildman–Crippen MR) is 165 cm³/mol. The van der Waals surface area contributed by atoms with Crippen molar-refractivity contribution >= 4 is 33.3 Å². The van der Waals surface area contributed by atoms with Crippen LogP contribution in [0.15, 0.2) is 42.6 Å². The molecule has 3 heterocycles. The molecule has 0 aliphatic heterocycles. The number of aromatic nitrogens is 4. The van der Waals surface area contributed by atoms with Crippen LogP contribution in [0.25, 0.3) is 20.8 Å². The van der Waals surface area contributed by atoms with Crippen LogP contribution in [0.5, 0.6) is 0 Å². The van der Waals surface area contributed by atoms with Crippen LogP contribution in [0.4, 0.5) is 11.8 Å². The summed E-state index contributed by atoms with van der Waals surface area (Å²) in [6, 6.07) is 12.4. The number of aliphatic hydroxyl groups excluding tert-OH is 3. The molecule has 0 radical (unpaired) electrons. The third kappa shape index (κ3) is 5.15. The highest BCUT2D eigenvalue weighted by atomic mass is 32.1. The Hall–Kier alpha value is -3.18. The Morgan fingerprint density at radius 1 is 0.976 bits per heavy atom. The highest BCUT2D eigenvalue weighted by Gasteiger charge is 2.42. The summed E-state index contributed by atoms with van der Waals surface area (Å²) in [5, 5.41) is 38.8. The summed E-state index contributed by atoms with van der Waals surface area (Å²) in [5.41, 5.74) is 4.97. The minimum Gasteiger partial charge on any atom is -0.396 e. The molecule has 7 rings (SSSR count). The van der Waals surface area contributed by atoms with Gasteiger partial charge < -0.3 is 26.0 Å². The van der Waals surface area contributed by atoms with Gasteiger partial charge in [0.05, 0.1) is 33.8 Å². The molecule has 0 saturated heterocycles. The maximum atomic E-state index is 10.8. The summed E-state index contributed by atoms with van der Waals surface area (Å²) in [4.78, 5) is 19.5. The SMILES string of the molecule is Cc1nc(N[C@H](C)[C@H]2C[C@H](c3ccccc3)C2)nc(N[C@@H]2C[C@H](CO)[C@@H](O)[C@H]2O)c1-c1nc2c(C3CC3)nccc2s1. The summed E-state index contributed by atoms with van der Waals surface area (Å²) in [5.74, 6) is 2.29. The zero-order chi connectivity index (χ0) is 29.0. The van der Waals surface area contributed by atoms with Crippen molar-refractivity contribution in [2.45, 2.75) is 82.1 Å². The number of thiazole rings is 1. The maximum absolute atomic E-state index is 10.8. The van der Waals surface area contributed by atoms with Crippen LogP contribution in [0.1, 0.15) is 67.8 Å². The molecule has 42 heavy (non-hydrogen) atoms. The zero-order valence-electron chi connectivity index (χ0n) is 23.9. The largest absolute Gasteiger partial charge is 0.396 e. The van der Waals surface area contributed by atoms with Gasteiger partial charge in [-0.25, -0.2) is 9.97 Å². The zero-order valence-corrected chi connectivity index (χ0v) is 24.8. The Labute approximate surface area is 249 Å². The van der Waals surface area contributed by atoms with Gasteiger partial charge in [-0.3, -0.25) is 4.98 Å². The van der Waals surface area contributed by atoms with Crippen molar-refractivity contribution in [3.05, 3.63) is 59.5 Å².